The number of aromatic nitrogens is 3. The van der Waals surface area contributed by atoms with Crippen LogP contribution in [0.4, 0.5) is 11.5 Å². The Hall–Kier alpha value is -2.38. The molecule has 2 aromatic carbocycles. The average molecular weight is 407 g/mol. The summed E-state index contributed by atoms with van der Waals surface area (Å²) in [5, 5.41) is 11.2. The lowest BCUT2D eigenvalue weighted by Gasteiger charge is -2.05. The number of nitrogens with two attached hydrogens (primary N) is 1. The molecule has 0 fully saturated rings. The fourth-order valence-corrected chi connectivity index (χ4v) is 2.61. The van der Waals surface area contributed by atoms with E-state index in [-0.39, 0.29) is 11.5 Å². The third kappa shape index (κ3) is 3.74. The van der Waals surface area contributed by atoms with Crippen LogP contribution in [-0.2, 0) is 6.54 Å². The van der Waals surface area contributed by atoms with Gasteiger partial charge in [0.25, 0.3) is 5.91 Å². The smallest absolute Gasteiger partial charge is 0.280 e. The number of anilines is 2. The van der Waals surface area contributed by atoms with Crippen LogP contribution in [-0.4, -0.2) is 20.9 Å². The van der Waals surface area contributed by atoms with Gasteiger partial charge in [0.15, 0.2) is 11.5 Å². The number of benzene rings is 2. The molecule has 0 spiro atoms. The summed E-state index contributed by atoms with van der Waals surface area (Å²) in [5.74, 6) is -0.211. The summed E-state index contributed by atoms with van der Waals surface area (Å²) in [5.41, 5.74) is 7.65. The third-order valence-corrected chi connectivity index (χ3v) is 4.08. The van der Waals surface area contributed by atoms with Gasteiger partial charge >= 0.3 is 0 Å². The van der Waals surface area contributed by atoms with Crippen molar-refractivity contribution in [3.05, 3.63) is 69.3 Å². The van der Waals surface area contributed by atoms with Crippen molar-refractivity contribution >= 4 is 44.9 Å². The minimum Gasteiger partial charge on any atom is -0.382 e. The first-order valence-corrected chi connectivity index (χ1v) is 8.20. The Morgan fingerprint density at radius 1 is 1.25 bits per heavy atom. The van der Waals surface area contributed by atoms with Crippen molar-refractivity contribution in [1.29, 1.82) is 0 Å². The topological polar surface area (TPSA) is 85.8 Å². The quantitative estimate of drug-likeness (QED) is 0.693. The van der Waals surface area contributed by atoms with Crippen molar-refractivity contribution < 1.29 is 4.79 Å². The maximum Gasteiger partial charge on any atom is 0.280 e. The van der Waals surface area contributed by atoms with Gasteiger partial charge in [0.05, 0.1) is 6.54 Å². The molecule has 0 unspecified atom stereocenters. The van der Waals surface area contributed by atoms with Crippen LogP contribution in [0.5, 0.6) is 0 Å². The highest BCUT2D eigenvalue weighted by atomic mass is 79.9. The maximum absolute atomic E-state index is 12.3. The van der Waals surface area contributed by atoms with Gasteiger partial charge in [0.1, 0.15) is 0 Å². The molecule has 1 amide bonds. The van der Waals surface area contributed by atoms with E-state index in [1.165, 1.54) is 4.68 Å². The van der Waals surface area contributed by atoms with E-state index in [0.717, 1.165) is 10.0 Å². The van der Waals surface area contributed by atoms with Gasteiger partial charge in [-0.2, -0.15) is 0 Å². The van der Waals surface area contributed by atoms with E-state index in [0.29, 0.717) is 17.3 Å². The second-order valence-electron chi connectivity index (χ2n) is 5.07. The maximum atomic E-state index is 12.3. The Balaban J connectivity index is 1.76. The first-order chi connectivity index (χ1) is 11.5. The molecule has 0 radical (unpaired) electrons. The van der Waals surface area contributed by atoms with Crippen LogP contribution in [0.1, 0.15) is 16.1 Å². The van der Waals surface area contributed by atoms with E-state index in [2.05, 4.69) is 31.6 Å². The molecule has 1 heterocycles. The second-order valence-corrected chi connectivity index (χ2v) is 6.42. The van der Waals surface area contributed by atoms with Crippen LogP contribution in [0.25, 0.3) is 0 Å². The highest BCUT2D eigenvalue weighted by Crippen LogP contribution is 2.17. The van der Waals surface area contributed by atoms with Crippen molar-refractivity contribution in [2.45, 2.75) is 6.54 Å². The van der Waals surface area contributed by atoms with Crippen LogP contribution in [0.15, 0.2) is 53.0 Å². The monoisotopic (exact) mass is 405 g/mol. The molecule has 24 heavy (non-hydrogen) atoms. The molecule has 1 aromatic heterocycles. The number of nitrogen functional groups attached to an aromatic ring is 1. The molecule has 3 N–H and O–H groups in total. The molecular formula is C16H13BrClN5O. The largest absolute Gasteiger partial charge is 0.382 e. The number of hydrogen-bond donors (Lipinski definition) is 2. The van der Waals surface area contributed by atoms with Crippen molar-refractivity contribution in [3.8, 4) is 0 Å². The number of amides is 1. The summed E-state index contributed by atoms with van der Waals surface area (Å²) in [4.78, 5) is 12.3. The van der Waals surface area contributed by atoms with Gasteiger partial charge in [-0.15, -0.1) is 5.10 Å². The summed E-state index contributed by atoms with van der Waals surface area (Å²) in [6, 6.07) is 14.5. The fraction of sp³-hybridized carbons (Fsp3) is 0.0625. The van der Waals surface area contributed by atoms with E-state index in [4.69, 9.17) is 17.3 Å². The number of nitrogens with zero attached hydrogens (tertiary/aromatic N) is 3. The summed E-state index contributed by atoms with van der Waals surface area (Å²) in [6.45, 7) is 0.380. The highest BCUT2D eigenvalue weighted by molar-refractivity contribution is 9.10. The lowest BCUT2D eigenvalue weighted by Crippen LogP contribution is -2.15. The molecule has 0 aliphatic heterocycles. The summed E-state index contributed by atoms with van der Waals surface area (Å²) in [7, 11) is 0. The molecule has 0 bridgehead atoms. The zero-order valence-electron chi connectivity index (χ0n) is 12.4. The minimum absolute atomic E-state index is 0.0833. The van der Waals surface area contributed by atoms with E-state index < -0.39 is 5.91 Å². The summed E-state index contributed by atoms with van der Waals surface area (Å²) < 4.78 is 2.38. The lowest BCUT2D eigenvalue weighted by atomic mass is 10.2. The van der Waals surface area contributed by atoms with Gasteiger partial charge in [-0.25, -0.2) is 4.68 Å². The zero-order chi connectivity index (χ0) is 17.1. The molecule has 3 rings (SSSR count). The molecule has 0 atom stereocenters. The normalized spacial score (nSPS) is 10.6. The van der Waals surface area contributed by atoms with Crippen LogP contribution in [0.3, 0.4) is 0 Å². The molecule has 0 aliphatic rings. The van der Waals surface area contributed by atoms with E-state index in [9.17, 15) is 4.79 Å². The minimum atomic E-state index is -0.410. The van der Waals surface area contributed by atoms with Crippen LogP contribution in [0.2, 0.25) is 5.02 Å². The van der Waals surface area contributed by atoms with Gasteiger partial charge in [0, 0.05) is 15.2 Å². The highest BCUT2D eigenvalue weighted by Gasteiger charge is 2.17. The lowest BCUT2D eigenvalue weighted by molar-refractivity contribution is 0.102. The van der Waals surface area contributed by atoms with Crippen molar-refractivity contribution in [3.63, 3.8) is 0 Å². The number of nitrogens with one attached hydrogen (secondary N) is 1. The SMILES string of the molecule is Nc1c(C(=O)Nc2ccc(Br)cc2)nnn1Cc1cccc(Cl)c1. The van der Waals surface area contributed by atoms with Crippen molar-refractivity contribution in [2.24, 2.45) is 0 Å². The van der Waals surface area contributed by atoms with Gasteiger partial charge in [0.2, 0.25) is 0 Å². The Bertz CT molecular complexity index is 878. The number of carbonyl (C=O) groups excluding carboxylic acids is 1. The number of hydrogen-bond acceptors (Lipinski definition) is 4. The molecule has 122 valence electrons. The van der Waals surface area contributed by atoms with Crippen LogP contribution < -0.4 is 11.1 Å². The standard InChI is InChI=1S/C16H13BrClN5O/c17-11-4-6-13(7-5-11)20-16(24)14-15(19)23(22-21-14)9-10-2-1-3-12(18)8-10/h1-8H,9,19H2,(H,20,24). The number of carbonyl (C=O) groups is 1. The van der Waals surface area contributed by atoms with Gasteiger partial charge in [-0.3, -0.25) is 4.79 Å². The molecule has 6 nitrogen and oxygen atoms in total. The number of halogens is 2. The number of rotatable bonds is 4. The van der Waals surface area contributed by atoms with E-state index >= 15 is 0 Å². The Morgan fingerprint density at radius 3 is 2.71 bits per heavy atom. The van der Waals surface area contributed by atoms with Gasteiger partial charge < -0.3 is 11.1 Å². The summed E-state index contributed by atoms with van der Waals surface area (Å²) >= 11 is 9.30. The molecule has 0 saturated heterocycles. The fourth-order valence-electron chi connectivity index (χ4n) is 2.13. The first kappa shape index (κ1) is 16.5. The van der Waals surface area contributed by atoms with E-state index in [1.54, 1.807) is 18.2 Å². The van der Waals surface area contributed by atoms with Crippen LogP contribution >= 0.6 is 27.5 Å². The average Bonchev–Trinajstić information content (AvgIpc) is 2.91. The van der Waals surface area contributed by atoms with Crippen LogP contribution in [0, 0.1) is 0 Å². The first-order valence-electron chi connectivity index (χ1n) is 7.03. The predicted octanol–water partition coefficient (Wildman–Crippen LogP) is 3.58. The summed E-state index contributed by atoms with van der Waals surface area (Å²) in [6.07, 6.45) is 0. The predicted molar refractivity (Wildman–Crippen MR) is 97.1 cm³/mol. The molecule has 0 saturated carbocycles. The Morgan fingerprint density at radius 2 is 2.00 bits per heavy atom. The Kier molecular flexibility index (Phi) is 4.82. The van der Waals surface area contributed by atoms with E-state index in [1.807, 2.05) is 30.3 Å². The molecular weight excluding hydrogens is 394 g/mol. The van der Waals surface area contributed by atoms with Crippen molar-refractivity contribution in [2.75, 3.05) is 11.1 Å². The molecule has 8 heteroatoms. The third-order valence-electron chi connectivity index (χ3n) is 3.31. The Labute approximate surface area is 151 Å². The second kappa shape index (κ2) is 7.02. The zero-order valence-corrected chi connectivity index (χ0v) is 14.8. The van der Waals surface area contributed by atoms with Gasteiger partial charge in [-0.1, -0.05) is 44.9 Å². The van der Waals surface area contributed by atoms with Crippen molar-refractivity contribution in [1.82, 2.24) is 15.0 Å². The molecule has 0 aliphatic carbocycles. The van der Waals surface area contributed by atoms with Gasteiger partial charge in [-0.05, 0) is 42.0 Å². The molecule has 3 aromatic rings.